The molecule has 0 N–H and O–H groups in total. The lowest BCUT2D eigenvalue weighted by atomic mass is 9.65. The molecule has 0 aromatic heterocycles. The number of ketones is 1. The van der Waals surface area contributed by atoms with E-state index in [0.717, 1.165) is 19.4 Å². The van der Waals surface area contributed by atoms with Crippen LogP contribution in [-0.4, -0.2) is 42.0 Å². The van der Waals surface area contributed by atoms with Crippen molar-refractivity contribution in [3.63, 3.8) is 0 Å². The van der Waals surface area contributed by atoms with Crippen LogP contribution >= 0.6 is 0 Å². The molecule has 2 saturated heterocycles. The minimum Gasteiger partial charge on any atom is -0.383 e. The Morgan fingerprint density at radius 3 is 2.78 bits per heavy atom. The fourth-order valence-electron chi connectivity index (χ4n) is 5.88. The molecule has 4 atom stereocenters. The molecule has 0 amide bonds. The first-order valence-corrected chi connectivity index (χ1v) is 10.0. The number of Topliss-reactive ketones (excluding diaryl/α,β-unsaturated/α-hetero) is 1. The molecule has 0 radical (unpaired) electrons. The number of piperidine rings is 1. The summed E-state index contributed by atoms with van der Waals surface area (Å²) in [6.45, 7) is 3.11. The Balaban J connectivity index is 1.77. The van der Waals surface area contributed by atoms with Gasteiger partial charge >= 0.3 is 0 Å². The Bertz CT molecular complexity index is 410. The van der Waals surface area contributed by atoms with E-state index in [4.69, 9.17) is 4.74 Å². The van der Waals surface area contributed by atoms with Gasteiger partial charge in [-0.15, -0.1) is 0 Å². The number of nitrogens with zero attached hydrogens (tertiary/aromatic N) is 1. The van der Waals surface area contributed by atoms with E-state index in [2.05, 4.69) is 11.8 Å². The summed E-state index contributed by atoms with van der Waals surface area (Å²) in [6.07, 6.45) is 14.6. The number of carbonyl (C=O) groups excluding carboxylic acids is 1. The van der Waals surface area contributed by atoms with Crippen molar-refractivity contribution in [1.82, 2.24) is 4.90 Å². The van der Waals surface area contributed by atoms with Crippen LogP contribution in [0.5, 0.6) is 0 Å². The SMILES string of the molecule is CCCCCC[C@@H]1CC(=O)[C@H]2CCCC[C@]23CC[C@@H](COC)N13. The highest BCUT2D eigenvalue weighted by Gasteiger charge is 2.58. The smallest absolute Gasteiger partial charge is 0.139 e. The normalized spacial score (nSPS) is 37.7. The van der Waals surface area contributed by atoms with Gasteiger partial charge in [-0.1, -0.05) is 45.4 Å². The maximum absolute atomic E-state index is 12.9. The molecule has 0 aromatic rings. The van der Waals surface area contributed by atoms with E-state index >= 15 is 0 Å². The molecule has 132 valence electrons. The van der Waals surface area contributed by atoms with E-state index in [-0.39, 0.29) is 5.54 Å². The van der Waals surface area contributed by atoms with Crippen LogP contribution in [0.2, 0.25) is 0 Å². The molecule has 1 spiro atoms. The van der Waals surface area contributed by atoms with Crippen molar-refractivity contribution >= 4 is 5.78 Å². The summed E-state index contributed by atoms with van der Waals surface area (Å²) in [5.74, 6) is 0.907. The first-order valence-electron chi connectivity index (χ1n) is 10.0. The number of methoxy groups -OCH3 is 1. The van der Waals surface area contributed by atoms with Crippen molar-refractivity contribution in [2.75, 3.05) is 13.7 Å². The lowest BCUT2D eigenvalue weighted by Gasteiger charge is -2.55. The molecule has 2 aliphatic heterocycles. The molecule has 0 unspecified atom stereocenters. The van der Waals surface area contributed by atoms with Crippen molar-refractivity contribution in [3.8, 4) is 0 Å². The van der Waals surface area contributed by atoms with Crippen molar-refractivity contribution in [2.45, 2.75) is 102 Å². The van der Waals surface area contributed by atoms with Gasteiger partial charge in [-0.3, -0.25) is 9.69 Å². The molecular weight excluding hydrogens is 286 g/mol. The van der Waals surface area contributed by atoms with Crippen LogP contribution in [-0.2, 0) is 9.53 Å². The summed E-state index contributed by atoms with van der Waals surface area (Å²) in [6, 6.07) is 1.03. The minimum atomic E-state index is 0.201. The van der Waals surface area contributed by atoms with Crippen LogP contribution in [0.3, 0.4) is 0 Å². The van der Waals surface area contributed by atoms with Crippen molar-refractivity contribution in [1.29, 1.82) is 0 Å². The molecule has 0 aromatic carbocycles. The quantitative estimate of drug-likeness (QED) is 0.653. The van der Waals surface area contributed by atoms with E-state index in [9.17, 15) is 4.79 Å². The Kier molecular flexibility index (Phi) is 5.79. The number of unbranched alkanes of at least 4 members (excludes halogenated alkanes) is 3. The average Bonchev–Trinajstić information content (AvgIpc) is 2.91. The summed E-state index contributed by atoms with van der Waals surface area (Å²) >= 11 is 0. The van der Waals surface area contributed by atoms with Gasteiger partial charge in [0.25, 0.3) is 0 Å². The van der Waals surface area contributed by atoms with E-state index in [1.165, 1.54) is 64.2 Å². The lowest BCUT2D eigenvalue weighted by molar-refractivity contribution is -0.144. The van der Waals surface area contributed by atoms with Gasteiger partial charge in [0.1, 0.15) is 5.78 Å². The summed E-state index contributed by atoms with van der Waals surface area (Å²) in [5, 5.41) is 0. The zero-order chi connectivity index (χ0) is 16.3. The summed E-state index contributed by atoms with van der Waals surface area (Å²) in [7, 11) is 1.83. The number of carbonyl (C=O) groups is 1. The van der Waals surface area contributed by atoms with Gasteiger partial charge in [-0.25, -0.2) is 0 Å². The van der Waals surface area contributed by atoms with Crippen LogP contribution in [0.1, 0.15) is 84.0 Å². The van der Waals surface area contributed by atoms with Crippen LogP contribution in [0.25, 0.3) is 0 Å². The first kappa shape index (κ1) is 17.4. The topological polar surface area (TPSA) is 29.5 Å². The molecular formula is C20H35NO2. The highest BCUT2D eigenvalue weighted by molar-refractivity contribution is 5.84. The summed E-state index contributed by atoms with van der Waals surface area (Å²) in [4.78, 5) is 15.7. The molecule has 3 heteroatoms. The second-order valence-corrected chi connectivity index (χ2v) is 8.13. The summed E-state index contributed by atoms with van der Waals surface area (Å²) < 4.78 is 5.54. The zero-order valence-electron chi connectivity index (χ0n) is 15.2. The Morgan fingerprint density at radius 1 is 1.13 bits per heavy atom. The predicted octanol–water partition coefficient (Wildman–Crippen LogP) is 4.34. The minimum absolute atomic E-state index is 0.201. The monoisotopic (exact) mass is 321 g/mol. The average molecular weight is 322 g/mol. The van der Waals surface area contributed by atoms with Crippen molar-refractivity contribution in [2.24, 2.45) is 5.92 Å². The molecule has 3 aliphatic rings. The van der Waals surface area contributed by atoms with Crippen LogP contribution in [0, 0.1) is 5.92 Å². The molecule has 3 rings (SSSR count). The molecule has 3 nitrogen and oxygen atoms in total. The van der Waals surface area contributed by atoms with Gasteiger partial charge in [-0.2, -0.15) is 0 Å². The van der Waals surface area contributed by atoms with Gasteiger partial charge in [0.05, 0.1) is 6.61 Å². The predicted molar refractivity (Wildman–Crippen MR) is 93.6 cm³/mol. The second kappa shape index (κ2) is 7.65. The molecule has 0 bridgehead atoms. The lowest BCUT2D eigenvalue weighted by Crippen LogP contribution is -2.64. The number of rotatable bonds is 7. The van der Waals surface area contributed by atoms with Gasteiger partial charge in [0, 0.05) is 37.1 Å². The van der Waals surface area contributed by atoms with Gasteiger partial charge in [-0.05, 0) is 32.1 Å². The van der Waals surface area contributed by atoms with Crippen LogP contribution in [0.15, 0.2) is 0 Å². The first-order chi connectivity index (χ1) is 11.2. The molecule has 1 saturated carbocycles. The number of hydrogen-bond acceptors (Lipinski definition) is 3. The van der Waals surface area contributed by atoms with Gasteiger partial charge < -0.3 is 4.74 Å². The Morgan fingerprint density at radius 2 is 2.00 bits per heavy atom. The molecule has 3 fully saturated rings. The van der Waals surface area contributed by atoms with E-state index in [1.807, 2.05) is 7.11 Å². The Hall–Kier alpha value is -0.410. The Labute approximate surface area is 142 Å². The highest BCUT2D eigenvalue weighted by Crippen LogP contribution is 2.53. The second-order valence-electron chi connectivity index (χ2n) is 8.13. The molecule has 2 heterocycles. The zero-order valence-corrected chi connectivity index (χ0v) is 15.2. The van der Waals surface area contributed by atoms with Gasteiger partial charge in [0.2, 0.25) is 0 Å². The van der Waals surface area contributed by atoms with Crippen molar-refractivity contribution in [3.05, 3.63) is 0 Å². The largest absolute Gasteiger partial charge is 0.383 e. The van der Waals surface area contributed by atoms with E-state index in [1.54, 1.807) is 0 Å². The van der Waals surface area contributed by atoms with Crippen molar-refractivity contribution < 1.29 is 9.53 Å². The fraction of sp³-hybridized carbons (Fsp3) is 0.950. The van der Waals surface area contributed by atoms with Crippen LogP contribution < -0.4 is 0 Å². The third-order valence-electron chi connectivity index (χ3n) is 6.79. The number of hydrogen-bond donors (Lipinski definition) is 0. The third-order valence-corrected chi connectivity index (χ3v) is 6.79. The van der Waals surface area contributed by atoms with E-state index < -0.39 is 0 Å². The fourth-order valence-corrected chi connectivity index (χ4v) is 5.88. The van der Waals surface area contributed by atoms with Gasteiger partial charge in [0.15, 0.2) is 0 Å². The standard InChI is InChI=1S/C20H35NO2/c1-3-4-5-6-9-16-14-19(22)18-10-7-8-12-20(18)13-11-17(15-23-2)21(16)20/h16-18H,3-15H2,1-2H3/t16-,17+,18-,20+/m1/s1. The maximum atomic E-state index is 12.9. The van der Waals surface area contributed by atoms with E-state index in [0.29, 0.717) is 23.8 Å². The highest BCUT2D eigenvalue weighted by atomic mass is 16.5. The maximum Gasteiger partial charge on any atom is 0.139 e. The third kappa shape index (κ3) is 3.24. The molecule has 23 heavy (non-hydrogen) atoms. The number of ether oxygens (including phenoxy) is 1. The summed E-state index contributed by atoms with van der Waals surface area (Å²) in [5.41, 5.74) is 0.201. The van der Waals surface area contributed by atoms with Crippen LogP contribution in [0.4, 0.5) is 0 Å². The molecule has 1 aliphatic carbocycles.